The fraction of sp³-hybridized carbons (Fsp3) is 0.367. The first-order chi connectivity index (χ1) is 19.9. The molecule has 0 aliphatic rings. The van der Waals surface area contributed by atoms with Crippen LogP contribution in [0.1, 0.15) is 32.3 Å². The van der Waals surface area contributed by atoms with Gasteiger partial charge in [-0.25, -0.2) is 13.2 Å². The van der Waals surface area contributed by atoms with Crippen molar-refractivity contribution in [3.8, 4) is 0 Å². The van der Waals surface area contributed by atoms with Gasteiger partial charge in [-0.3, -0.25) is 9.59 Å². The van der Waals surface area contributed by atoms with Crippen LogP contribution in [0.5, 0.6) is 0 Å². The predicted molar refractivity (Wildman–Crippen MR) is 160 cm³/mol. The third-order valence-corrected chi connectivity index (χ3v) is 8.72. The molecule has 0 bridgehead atoms. The van der Waals surface area contributed by atoms with Crippen molar-refractivity contribution in [3.63, 3.8) is 0 Å². The number of rotatable bonds is 14. The fourth-order valence-electron chi connectivity index (χ4n) is 4.70. The molecule has 226 valence electrons. The summed E-state index contributed by atoms with van der Waals surface area (Å²) in [7, 11) is -3.94. The monoisotopic (exact) mass is 598 g/mol. The van der Waals surface area contributed by atoms with Crippen molar-refractivity contribution in [2.45, 2.75) is 50.1 Å². The van der Waals surface area contributed by atoms with Gasteiger partial charge in [0.05, 0.1) is 11.5 Å². The Balaban J connectivity index is 1.70. The van der Waals surface area contributed by atoms with Crippen LogP contribution in [0.4, 0.5) is 5.69 Å². The Kier molecular flexibility index (Phi) is 11.4. The first kappa shape index (κ1) is 32.5. The number of aliphatic carboxylic acids is 1. The molecular formula is C30H38N4O7S. The maximum absolute atomic E-state index is 13.5. The zero-order valence-corrected chi connectivity index (χ0v) is 24.5. The number of benzene rings is 3. The Morgan fingerprint density at radius 3 is 2.29 bits per heavy atom. The van der Waals surface area contributed by atoms with Gasteiger partial charge in [-0.05, 0) is 59.4 Å². The topological polar surface area (TPSA) is 179 Å². The van der Waals surface area contributed by atoms with E-state index in [1.807, 2.05) is 56.3 Å². The van der Waals surface area contributed by atoms with Gasteiger partial charge in [0, 0.05) is 31.2 Å². The van der Waals surface area contributed by atoms with Crippen LogP contribution in [0.2, 0.25) is 0 Å². The van der Waals surface area contributed by atoms with Gasteiger partial charge in [0.25, 0.3) is 0 Å². The van der Waals surface area contributed by atoms with Gasteiger partial charge in [0.15, 0.2) is 0 Å². The van der Waals surface area contributed by atoms with Gasteiger partial charge in [0.1, 0.15) is 6.04 Å². The first-order valence-electron chi connectivity index (χ1n) is 13.7. The molecule has 0 saturated carbocycles. The number of nitrogen functional groups attached to an aromatic ring is 1. The zero-order valence-electron chi connectivity index (χ0n) is 23.7. The lowest BCUT2D eigenvalue weighted by molar-refractivity contribution is -0.151. The van der Waals surface area contributed by atoms with Crippen molar-refractivity contribution in [1.82, 2.24) is 14.9 Å². The van der Waals surface area contributed by atoms with Gasteiger partial charge < -0.3 is 26.6 Å². The minimum absolute atomic E-state index is 0.0185. The second-order valence-electron chi connectivity index (χ2n) is 10.5. The average molecular weight is 599 g/mol. The average Bonchev–Trinajstić information content (AvgIpc) is 2.96. The number of carboxylic acids is 1. The summed E-state index contributed by atoms with van der Waals surface area (Å²) in [6.07, 6.45) is 0.622. The molecule has 2 amide bonds. The largest absolute Gasteiger partial charge is 0.474 e. The van der Waals surface area contributed by atoms with E-state index in [-0.39, 0.29) is 36.7 Å². The van der Waals surface area contributed by atoms with Crippen molar-refractivity contribution in [2.75, 3.05) is 25.4 Å². The maximum Gasteiger partial charge on any atom is 0.394 e. The second-order valence-corrected chi connectivity index (χ2v) is 12.4. The zero-order chi connectivity index (χ0) is 30.9. The highest BCUT2D eigenvalue weighted by Gasteiger charge is 2.32. The van der Waals surface area contributed by atoms with Crippen LogP contribution in [0.25, 0.3) is 10.8 Å². The van der Waals surface area contributed by atoms with Crippen molar-refractivity contribution < 1.29 is 33.0 Å². The number of aliphatic hydroxyl groups excluding tert-OH is 1. The molecule has 0 radical (unpaired) electrons. The summed E-state index contributed by atoms with van der Waals surface area (Å²) in [4.78, 5) is 36.4. The second kappa shape index (κ2) is 14.8. The minimum atomic E-state index is -3.94. The van der Waals surface area contributed by atoms with Gasteiger partial charge in [-0.15, -0.1) is 0 Å². The number of aliphatic hydroxyl groups is 1. The number of nitrogens with zero attached hydrogens (tertiary/aromatic N) is 1. The molecule has 3 rings (SSSR count). The van der Waals surface area contributed by atoms with Crippen LogP contribution in [-0.4, -0.2) is 72.5 Å². The maximum atomic E-state index is 13.5. The summed E-state index contributed by atoms with van der Waals surface area (Å²) in [6, 6.07) is 17.0. The molecule has 0 spiro atoms. The molecule has 0 aromatic heterocycles. The number of anilines is 1. The van der Waals surface area contributed by atoms with Crippen molar-refractivity contribution >= 4 is 44.3 Å². The van der Waals surface area contributed by atoms with Crippen molar-refractivity contribution in [2.24, 2.45) is 5.92 Å². The molecular weight excluding hydrogens is 560 g/mol. The van der Waals surface area contributed by atoms with E-state index in [1.54, 1.807) is 0 Å². The lowest BCUT2D eigenvalue weighted by atomic mass is 9.98. The van der Waals surface area contributed by atoms with E-state index in [2.05, 4.69) is 10.6 Å². The Labute approximate surface area is 245 Å². The quantitative estimate of drug-likeness (QED) is 0.106. The summed E-state index contributed by atoms with van der Waals surface area (Å²) in [5.74, 6) is -3.60. The fourth-order valence-corrected chi connectivity index (χ4v) is 6.51. The number of carbonyl (C=O) groups is 3. The molecule has 6 N–H and O–H groups in total. The summed E-state index contributed by atoms with van der Waals surface area (Å²) < 4.78 is 28.2. The summed E-state index contributed by atoms with van der Waals surface area (Å²) in [5, 5.41) is 26.1. The van der Waals surface area contributed by atoms with E-state index >= 15 is 0 Å². The number of nitrogens with one attached hydrogen (secondary N) is 2. The van der Waals surface area contributed by atoms with E-state index in [9.17, 15) is 27.9 Å². The van der Waals surface area contributed by atoms with E-state index in [1.165, 1.54) is 28.6 Å². The summed E-state index contributed by atoms with van der Waals surface area (Å²) >= 11 is 0. The van der Waals surface area contributed by atoms with Crippen LogP contribution >= 0.6 is 0 Å². The molecule has 0 aliphatic carbocycles. The number of fused-ring (bicyclic) bond motifs is 1. The molecule has 3 aromatic rings. The lowest BCUT2D eigenvalue weighted by Gasteiger charge is -2.31. The SMILES string of the molecule is CC(C)CN(C(CO)CCCNC(=O)C(Cc1cccc2ccccc12)NC(=O)C(=O)O)S(=O)(=O)c1ccc(N)cc1. The molecule has 0 saturated heterocycles. The Hall–Kier alpha value is -4.00. The van der Waals surface area contributed by atoms with Gasteiger partial charge in [-0.1, -0.05) is 56.3 Å². The summed E-state index contributed by atoms with van der Waals surface area (Å²) in [6.45, 7) is 3.62. The molecule has 0 aliphatic heterocycles. The highest BCUT2D eigenvalue weighted by atomic mass is 32.2. The van der Waals surface area contributed by atoms with Crippen LogP contribution in [-0.2, 0) is 30.8 Å². The highest BCUT2D eigenvalue weighted by molar-refractivity contribution is 7.89. The molecule has 11 nitrogen and oxygen atoms in total. The van der Waals surface area contributed by atoms with Crippen LogP contribution in [0, 0.1) is 5.92 Å². The molecule has 12 heteroatoms. The Bertz CT molecular complexity index is 1490. The molecule has 0 fully saturated rings. The highest BCUT2D eigenvalue weighted by Crippen LogP contribution is 2.23. The van der Waals surface area contributed by atoms with Crippen LogP contribution in [0.15, 0.2) is 71.6 Å². The number of sulfonamides is 1. The normalized spacial score (nSPS) is 13.2. The van der Waals surface area contributed by atoms with Crippen LogP contribution < -0.4 is 16.4 Å². The number of amides is 2. The lowest BCUT2D eigenvalue weighted by Crippen LogP contribution is -2.50. The summed E-state index contributed by atoms with van der Waals surface area (Å²) in [5.41, 5.74) is 6.90. The van der Waals surface area contributed by atoms with Crippen LogP contribution in [0.3, 0.4) is 0 Å². The number of hydrogen-bond donors (Lipinski definition) is 5. The predicted octanol–water partition coefficient (Wildman–Crippen LogP) is 2.14. The van der Waals surface area contributed by atoms with E-state index in [0.29, 0.717) is 12.1 Å². The number of hydrogen-bond acceptors (Lipinski definition) is 7. The smallest absolute Gasteiger partial charge is 0.394 e. The van der Waals surface area contributed by atoms with E-state index in [0.717, 1.165) is 16.3 Å². The first-order valence-corrected chi connectivity index (χ1v) is 15.1. The molecule has 3 aromatic carbocycles. The van der Waals surface area contributed by atoms with E-state index in [4.69, 9.17) is 10.8 Å². The van der Waals surface area contributed by atoms with E-state index < -0.39 is 46.5 Å². The standard InChI is InChI=1S/C30H38N4O7S/c1-20(2)18-34(42(40,41)25-14-12-23(31)13-15-25)24(19-35)10-6-16-32-28(36)27(33-29(37)30(38)39)17-22-9-5-8-21-7-3-4-11-26(21)22/h3-5,7-9,11-15,20,24,27,35H,6,10,16-19,31H2,1-2H3,(H,32,36)(H,33,37)(H,38,39). The van der Waals surface area contributed by atoms with Crippen molar-refractivity contribution in [3.05, 3.63) is 72.3 Å². The third kappa shape index (κ3) is 8.51. The Morgan fingerprint density at radius 2 is 1.64 bits per heavy atom. The number of carbonyl (C=O) groups excluding carboxylic acids is 2. The van der Waals surface area contributed by atoms with Gasteiger partial charge in [-0.2, -0.15) is 4.31 Å². The third-order valence-electron chi connectivity index (χ3n) is 6.78. The van der Waals surface area contributed by atoms with Gasteiger partial charge in [0.2, 0.25) is 15.9 Å². The van der Waals surface area contributed by atoms with Crippen molar-refractivity contribution in [1.29, 1.82) is 0 Å². The molecule has 2 atom stereocenters. The Morgan fingerprint density at radius 1 is 0.976 bits per heavy atom. The molecule has 2 unspecified atom stereocenters. The number of carboxylic acid groups (broad SMARTS) is 1. The number of nitrogens with two attached hydrogens (primary N) is 1. The van der Waals surface area contributed by atoms with Gasteiger partial charge >= 0.3 is 11.9 Å². The molecule has 42 heavy (non-hydrogen) atoms. The minimum Gasteiger partial charge on any atom is -0.474 e. The molecule has 0 heterocycles.